The van der Waals surface area contributed by atoms with Crippen LogP contribution >= 0.6 is 0 Å². The van der Waals surface area contributed by atoms with Gasteiger partial charge in [-0.3, -0.25) is 0 Å². The molecule has 0 N–H and O–H groups in total. The van der Waals surface area contributed by atoms with E-state index in [4.69, 9.17) is 18.8 Å². The maximum Gasteiger partial charge on any atom is 0.495 e. The van der Waals surface area contributed by atoms with Gasteiger partial charge in [-0.25, -0.2) is 9.18 Å². The molecule has 0 amide bonds. The molecule has 1 aliphatic heterocycles. The Kier molecular flexibility index (Phi) is 5.50. The monoisotopic (exact) mass is 386 g/mol. The van der Waals surface area contributed by atoms with Crippen LogP contribution in [0.2, 0.25) is 0 Å². The number of benzene rings is 2. The number of halogens is 1. The first-order chi connectivity index (χ1) is 13.1. The third-order valence-electron chi connectivity index (χ3n) is 5.25. The Labute approximate surface area is 164 Å². The Morgan fingerprint density at radius 2 is 1.68 bits per heavy atom. The van der Waals surface area contributed by atoms with E-state index in [1.165, 1.54) is 13.2 Å². The van der Waals surface area contributed by atoms with E-state index in [0.29, 0.717) is 5.46 Å². The fourth-order valence-corrected chi connectivity index (χ4v) is 2.87. The molecule has 0 aromatic heterocycles. The molecule has 2 aromatic carbocycles. The fraction of sp³-hybridized carbons (Fsp3) is 0.381. The molecule has 1 fully saturated rings. The van der Waals surface area contributed by atoms with Crippen LogP contribution in [0.5, 0.6) is 5.75 Å². The number of methoxy groups -OCH3 is 1. The van der Waals surface area contributed by atoms with E-state index in [2.05, 4.69) is 0 Å². The molecule has 0 bridgehead atoms. The minimum Gasteiger partial charge on any atom is -0.486 e. The second-order valence-electron chi connectivity index (χ2n) is 7.72. The molecular formula is C21H24BFO5. The molecule has 0 spiro atoms. The van der Waals surface area contributed by atoms with E-state index in [0.717, 1.165) is 11.6 Å². The summed E-state index contributed by atoms with van der Waals surface area (Å²) in [5.41, 5.74) is 0.103. The van der Waals surface area contributed by atoms with Gasteiger partial charge in [0.15, 0.2) is 11.6 Å². The number of esters is 1. The Balaban J connectivity index is 1.96. The van der Waals surface area contributed by atoms with Crippen LogP contribution in [0, 0.1) is 5.82 Å². The van der Waals surface area contributed by atoms with Crippen LogP contribution in [0.15, 0.2) is 42.5 Å². The molecule has 28 heavy (non-hydrogen) atoms. The molecular weight excluding hydrogens is 362 g/mol. The number of ether oxygens (including phenoxy) is 2. The van der Waals surface area contributed by atoms with Crippen molar-refractivity contribution in [1.82, 2.24) is 0 Å². The van der Waals surface area contributed by atoms with Crippen molar-refractivity contribution < 1.29 is 28.0 Å². The lowest BCUT2D eigenvalue weighted by molar-refractivity contribution is 0.00578. The van der Waals surface area contributed by atoms with Gasteiger partial charge in [-0.15, -0.1) is 0 Å². The highest BCUT2D eigenvalue weighted by Gasteiger charge is 2.52. The molecule has 0 atom stereocenters. The van der Waals surface area contributed by atoms with Crippen LogP contribution in [0.4, 0.5) is 4.39 Å². The first-order valence-corrected chi connectivity index (χ1v) is 9.09. The minimum absolute atomic E-state index is 0.0150. The van der Waals surface area contributed by atoms with E-state index in [9.17, 15) is 9.18 Å². The molecule has 0 unspecified atom stereocenters. The van der Waals surface area contributed by atoms with Gasteiger partial charge < -0.3 is 18.8 Å². The summed E-state index contributed by atoms with van der Waals surface area (Å²) in [5.74, 6) is -1.31. The predicted molar refractivity (Wildman–Crippen MR) is 104 cm³/mol. The highest BCUT2D eigenvalue weighted by atomic mass is 19.1. The Bertz CT molecular complexity index is 851. The smallest absolute Gasteiger partial charge is 0.486 e. The van der Waals surface area contributed by atoms with Crippen molar-refractivity contribution in [3.05, 3.63) is 59.4 Å². The highest BCUT2D eigenvalue weighted by Crippen LogP contribution is 2.37. The van der Waals surface area contributed by atoms with Crippen molar-refractivity contribution >= 4 is 18.6 Å². The van der Waals surface area contributed by atoms with E-state index < -0.39 is 30.1 Å². The second-order valence-corrected chi connectivity index (χ2v) is 7.72. The summed E-state index contributed by atoms with van der Waals surface area (Å²) in [6, 6.07) is 12.0. The molecule has 7 heteroatoms. The highest BCUT2D eigenvalue weighted by molar-refractivity contribution is 6.63. The maximum absolute atomic E-state index is 14.6. The lowest BCUT2D eigenvalue weighted by Crippen LogP contribution is -2.41. The van der Waals surface area contributed by atoms with Crippen molar-refractivity contribution in [3.8, 4) is 5.75 Å². The molecule has 1 aliphatic rings. The molecule has 148 valence electrons. The number of carbonyl (C=O) groups is 1. The zero-order chi connectivity index (χ0) is 20.5. The molecule has 0 aliphatic carbocycles. The topological polar surface area (TPSA) is 54.0 Å². The largest absolute Gasteiger partial charge is 0.495 e. The van der Waals surface area contributed by atoms with E-state index in [1.54, 1.807) is 0 Å². The third-order valence-corrected chi connectivity index (χ3v) is 5.25. The molecule has 1 heterocycles. The Morgan fingerprint density at radius 3 is 2.25 bits per heavy atom. The SMILES string of the molecule is COC(=O)c1cc(F)c(OCc2ccccc2)cc1B1OC(C)(C)C(C)(C)O1. The lowest BCUT2D eigenvalue weighted by Gasteiger charge is -2.32. The number of hydrogen-bond acceptors (Lipinski definition) is 5. The maximum atomic E-state index is 14.6. The van der Waals surface area contributed by atoms with Gasteiger partial charge >= 0.3 is 13.1 Å². The standard InChI is InChI=1S/C21H24BFO5/c1-20(2)21(3,4)28-22(27-20)16-12-18(17(23)11-15(16)19(24)25-5)26-13-14-9-7-6-8-10-14/h6-12H,13H2,1-5H3. The van der Waals surface area contributed by atoms with Gasteiger partial charge in [-0.1, -0.05) is 30.3 Å². The van der Waals surface area contributed by atoms with Crippen LogP contribution in [-0.4, -0.2) is 31.4 Å². The molecule has 0 saturated carbocycles. The number of rotatable bonds is 5. The zero-order valence-corrected chi connectivity index (χ0v) is 16.7. The van der Waals surface area contributed by atoms with Gasteiger partial charge in [0, 0.05) is 5.46 Å². The van der Waals surface area contributed by atoms with Crippen LogP contribution in [0.25, 0.3) is 0 Å². The number of hydrogen-bond donors (Lipinski definition) is 0. The third kappa shape index (κ3) is 3.91. The summed E-state index contributed by atoms with van der Waals surface area (Å²) in [7, 11) is 0.396. The van der Waals surface area contributed by atoms with Crippen molar-refractivity contribution in [2.45, 2.75) is 45.5 Å². The van der Waals surface area contributed by atoms with Crippen LogP contribution in [-0.2, 0) is 20.7 Å². The molecule has 1 saturated heterocycles. The summed E-state index contributed by atoms with van der Waals surface area (Å²) in [6.07, 6.45) is 0. The lowest BCUT2D eigenvalue weighted by atomic mass is 9.75. The average Bonchev–Trinajstić information content (AvgIpc) is 2.88. The van der Waals surface area contributed by atoms with E-state index >= 15 is 0 Å². The van der Waals surface area contributed by atoms with Crippen LogP contribution in [0.1, 0.15) is 43.6 Å². The second kappa shape index (κ2) is 7.56. The summed E-state index contributed by atoms with van der Waals surface area (Å²) < 4.78 is 37.1. The molecule has 3 rings (SSSR count). The van der Waals surface area contributed by atoms with Gasteiger partial charge in [-0.05, 0) is 45.4 Å². The Hall–Kier alpha value is -2.38. The van der Waals surface area contributed by atoms with Crippen molar-refractivity contribution in [2.24, 2.45) is 0 Å². The normalized spacial score (nSPS) is 17.4. The van der Waals surface area contributed by atoms with E-state index in [1.807, 2.05) is 58.0 Å². The van der Waals surface area contributed by atoms with Gasteiger partial charge in [0.05, 0.1) is 23.9 Å². The van der Waals surface area contributed by atoms with Crippen LogP contribution < -0.4 is 10.2 Å². The van der Waals surface area contributed by atoms with Crippen molar-refractivity contribution in [3.63, 3.8) is 0 Å². The van der Waals surface area contributed by atoms with Gasteiger partial charge in [0.1, 0.15) is 6.61 Å². The zero-order valence-electron chi connectivity index (χ0n) is 16.7. The first-order valence-electron chi connectivity index (χ1n) is 9.09. The van der Waals surface area contributed by atoms with Crippen LogP contribution in [0.3, 0.4) is 0 Å². The predicted octanol–water partition coefficient (Wildman–Crippen LogP) is 3.49. The molecule has 0 radical (unpaired) electrons. The fourth-order valence-electron chi connectivity index (χ4n) is 2.87. The molecule has 2 aromatic rings. The summed E-state index contributed by atoms with van der Waals surface area (Å²) >= 11 is 0. The van der Waals surface area contributed by atoms with Gasteiger partial charge in [0.2, 0.25) is 0 Å². The van der Waals surface area contributed by atoms with Gasteiger partial charge in [-0.2, -0.15) is 0 Å². The molecule has 5 nitrogen and oxygen atoms in total. The average molecular weight is 386 g/mol. The quantitative estimate of drug-likeness (QED) is 0.582. The van der Waals surface area contributed by atoms with Gasteiger partial charge in [0.25, 0.3) is 0 Å². The van der Waals surface area contributed by atoms with Crippen molar-refractivity contribution in [1.29, 1.82) is 0 Å². The summed E-state index contributed by atoms with van der Waals surface area (Å²) in [4.78, 5) is 12.2. The summed E-state index contributed by atoms with van der Waals surface area (Å²) in [6.45, 7) is 7.81. The minimum atomic E-state index is -0.848. The van der Waals surface area contributed by atoms with E-state index in [-0.39, 0.29) is 17.9 Å². The Morgan fingerprint density at radius 1 is 1.07 bits per heavy atom. The van der Waals surface area contributed by atoms with Crippen molar-refractivity contribution in [2.75, 3.05) is 7.11 Å². The summed E-state index contributed by atoms with van der Waals surface area (Å²) in [5, 5.41) is 0. The number of carbonyl (C=O) groups excluding carboxylic acids is 1. The first kappa shape index (κ1) is 20.4.